The normalized spacial score (nSPS) is 15.7. The second kappa shape index (κ2) is 6.83. The van der Waals surface area contributed by atoms with Crippen LogP contribution in [0.2, 0.25) is 0 Å². The Morgan fingerprint density at radius 2 is 2.05 bits per heavy atom. The van der Waals surface area contributed by atoms with Crippen LogP contribution in [0.1, 0.15) is 17.1 Å². The number of thioether (sulfide) groups is 1. The van der Waals surface area contributed by atoms with Gasteiger partial charge in [0.05, 0.1) is 28.8 Å². The fourth-order valence-corrected chi connectivity index (χ4v) is 3.79. The molecular formula is C14H17N3O2S2. The van der Waals surface area contributed by atoms with Gasteiger partial charge in [-0.25, -0.2) is 4.98 Å². The molecule has 1 aliphatic heterocycles. The summed E-state index contributed by atoms with van der Waals surface area (Å²) in [6.45, 7) is 5.42. The Bertz CT molecular complexity index is 595. The van der Waals surface area contributed by atoms with Gasteiger partial charge in [-0.15, -0.1) is 33.3 Å². The Labute approximate surface area is 132 Å². The summed E-state index contributed by atoms with van der Waals surface area (Å²) in [6.07, 6.45) is 0.828. The lowest BCUT2D eigenvalue weighted by molar-refractivity contribution is -0.0421. The van der Waals surface area contributed by atoms with Crippen molar-refractivity contribution < 1.29 is 9.47 Å². The van der Waals surface area contributed by atoms with Gasteiger partial charge in [0.15, 0.2) is 6.29 Å². The second-order valence-corrected chi connectivity index (χ2v) is 7.03. The average molecular weight is 323 g/mol. The lowest BCUT2D eigenvalue weighted by Gasteiger charge is -2.07. The third-order valence-corrected chi connectivity index (χ3v) is 5.12. The summed E-state index contributed by atoms with van der Waals surface area (Å²) in [4.78, 5) is 5.52. The number of ether oxygens (including phenoxy) is 2. The summed E-state index contributed by atoms with van der Waals surface area (Å²) >= 11 is 3.33. The van der Waals surface area contributed by atoms with Gasteiger partial charge in [0.25, 0.3) is 0 Å². The first-order chi connectivity index (χ1) is 10.2. The topological polar surface area (TPSA) is 57.1 Å². The van der Waals surface area contributed by atoms with Crippen molar-refractivity contribution in [2.75, 3.05) is 19.0 Å². The molecule has 5 nitrogen and oxygen atoms in total. The molecule has 0 unspecified atom stereocenters. The fourth-order valence-electron chi connectivity index (χ4n) is 2.12. The summed E-state index contributed by atoms with van der Waals surface area (Å²) in [5, 5.41) is 10.6. The number of aromatic nitrogens is 3. The van der Waals surface area contributed by atoms with Crippen molar-refractivity contribution in [3.8, 4) is 10.6 Å². The van der Waals surface area contributed by atoms with Crippen LogP contribution in [-0.2, 0) is 9.47 Å². The van der Waals surface area contributed by atoms with Gasteiger partial charge < -0.3 is 9.47 Å². The van der Waals surface area contributed by atoms with E-state index in [-0.39, 0.29) is 6.29 Å². The lowest BCUT2D eigenvalue weighted by Crippen LogP contribution is -2.08. The largest absolute Gasteiger partial charge is 0.350 e. The maximum absolute atomic E-state index is 5.41. The average Bonchev–Trinajstić information content (AvgIpc) is 3.09. The highest BCUT2D eigenvalue weighted by Gasteiger charge is 2.15. The van der Waals surface area contributed by atoms with Crippen LogP contribution >= 0.6 is 23.1 Å². The molecule has 3 heterocycles. The molecule has 0 radical (unpaired) electrons. The number of hydrogen-bond acceptors (Lipinski definition) is 7. The Morgan fingerprint density at radius 3 is 2.67 bits per heavy atom. The van der Waals surface area contributed by atoms with E-state index in [9.17, 15) is 0 Å². The molecule has 1 saturated heterocycles. The van der Waals surface area contributed by atoms with Crippen molar-refractivity contribution in [1.29, 1.82) is 0 Å². The maximum Gasteiger partial charge on any atom is 0.158 e. The Balaban J connectivity index is 1.57. The minimum absolute atomic E-state index is 0.0486. The van der Waals surface area contributed by atoms with Crippen LogP contribution in [0.5, 0.6) is 0 Å². The summed E-state index contributed by atoms with van der Waals surface area (Å²) < 4.78 is 10.8. The van der Waals surface area contributed by atoms with E-state index in [1.165, 1.54) is 0 Å². The van der Waals surface area contributed by atoms with Gasteiger partial charge in [0.1, 0.15) is 10.7 Å². The first kappa shape index (κ1) is 14.9. The molecule has 7 heteroatoms. The molecule has 0 atom stereocenters. The number of rotatable bonds is 5. The highest BCUT2D eigenvalue weighted by molar-refractivity contribution is 7.99. The molecule has 0 saturated carbocycles. The zero-order valence-corrected chi connectivity index (χ0v) is 13.7. The monoisotopic (exact) mass is 323 g/mol. The summed E-state index contributed by atoms with van der Waals surface area (Å²) in [5.74, 6) is 0.914. The molecule has 0 aromatic carbocycles. The second-order valence-electron chi connectivity index (χ2n) is 4.71. The molecule has 2 aromatic heterocycles. The summed E-state index contributed by atoms with van der Waals surface area (Å²) in [7, 11) is 0. The van der Waals surface area contributed by atoms with Gasteiger partial charge >= 0.3 is 0 Å². The Morgan fingerprint density at radius 1 is 1.24 bits per heavy atom. The molecule has 1 aliphatic rings. The van der Waals surface area contributed by atoms with Gasteiger partial charge in [-0.1, -0.05) is 0 Å². The van der Waals surface area contributed by atoms with Gasteiger partial charge in [-0.2, -0.15) is 0 Å². The third-order valence-electron chi connectivity index (χ3n) is 3.07. The summed E-state index contributed by atoms with van der Waals surface area (Å²) in [5.41, 5.74) is 1.91. The standard InChI is InChI=1S/C14H17N3O2S2/c1-9-14(21-10(2)15-9)11-3-4-12(17-16-11)20-8-5-13-18-6-7-19-13/h3-4,13H,5-8H2,1-2H3. The molecule has 0 amide bonds. The summed E-state index contributed by atoms with van der Waals surface area (Å²) in [6, 6.07) is 4.02. The highest BCUT2D eigenvalue weighted by Crippen LogP contribution is 2.28. The quantitative estimate of drug-likeness (QED) is 0.788. The number of thiazole rings is 1. The number of hydrogen-bond donors (Lipinski definition) is 0. The third kappa shape index (κ3) is 3.79. The van der Waals surface area contributed by atoms with E-state index in [0.29, 0.717) is 13.2 Å². The molecule has 0 spiro atoms. The molecule has 0 aliphatic carbocycles. The molecule has 1 fully saturated rings. The van der Waals surface area contributed by atoms with Crippen LogP contribution in [0.3, 0.4) is 0 Å². The number of nitrogens with zero attached hydrogens (tertiary/aromatic N) is 3. The smallest absolute Gasteiger partial charge is 0.158 e. The van der Waals surface area contributed by atoms with Crippen molar-refractivity contribution in [2.24, 2.45) is 0 Å². The zero-order chi connectivity index (χ0) is 14.7. The van der Waals surface area contributed by atoms with Crippen molar-refractivity contribution in [1.82, 2.24) is 15.2 Å². The van der Waals surface area contributed by atoms with Gasteiger partial charge in [-0.3, -0.25) is 0 Å². The Kier molecular flexibility index (Phi) is 4.84. The first-order valence-electron chi connectivity index (χ1n) is 6.86. The van der Waals surface area contributed by atoms with Crippen molar-refractivity contribution in [3.63, 3.8) is 0 Å². The van der Waals surface area contributed by atoms with Gasteiger partial charge in [0, 0.05) is 12.2 Å². The van der Waals surface area contributed by atoms with Gasteiger partial charge in [-0.05, 0) is 26.0 Å². The van der Waals surface area contributed by atoms with E-state index < -0.39 is 0 Å². The van der Waals surface area contributed by atoms with Crippen LogP contribution in [0.25, 0.3) is 10.6 Å². The van der Waals surface area contributed by atoms with Crippen LogP contribution < -0.4 is 0 Å². The van der Waals surface area contributed by atoms with E-state index in [0.717, 1.165) is 38.5 Å². The SMILES string of the molecule is Cc1nc(C)c(-c2ccc(SCCC3OCCO3)nn2)s1. The lowest BCUT2D eigenvalue weighted by atomic mass is 10.3. The molecule has 0 N–H and O–H groups in total. The first-order valence-corrected chi connectivity index (χ1v) is 8.67. The van der Waals surface area contributed by atoms with Crippen molar-refractivity contribution >= 4 is 23.1 Å². The van der Waals surface area contributed by atoms with Crippen LogP contribution in [-0.4, -0.2) is 40.4 Å². The van der Waals surface area contributed by atoms with Crippen molar-refractivity contribution in [2.45, 2.75) is 31.6 Å². The fraction of sp³-hybridized carbons (Fsp3) is 0.500. The minimum Gasteiger partial charge on any atom is -0.350 e. The molecular weight excluding hydrogens is 306 g/mol. The molecule has 21 heavy (non-hydrogen) atoms. The highest BCUT2D eigenvalue weighted by atomic mass is 32.2. The van der Waals surface area contributed by atoms with E-state index >= 15 is 0 Å². The predicted molar refractivity (Wildman–Crippen MR) is 83.6 cm³/mol. The predicted octanol–water partition coefficient (Wildman–Crippen LogP) is 3.07. The zero-order valence-electron chi connectivity index (χ0n) is 12.0. The van der Waals surface area contributed by atoms with E-state index in [1.807, 2.05) is 26.0 Å². The maximum atomic E-state index is 5.41. The Hall–Kier alpha value is -1.02. The van der Waals surface area contributed by atoms with Gasteiger partial charge in [0.2, 0.25) is 0 Å². The minimum atomic E-state index is -0.0486. The molecule has 112 valence electrons. The molecule has 2 aromatic rings. The molecule has 0 bridgehead atoms. The van der Waals surface area contributed by atoms with Crippen molar-refractivity contribution in [3.05, 3.63) is 22.8 Å². The van der Waals surface area contributed by atoms with E-state index in [4.69, 9.17) is 9.47 Å². The molecule has 3 rings (SSSR count). The number of aryl methyl sites for hydroxylation is 2. The van der Waals surface area contributed by atoms with Crippen LogP contribution in [0.4, 0.5) is 0 Å². The van der Waals surface area contributed by atoms with Crippen LogP contribution in [0.15, 0.2) is 17.2 Å². The van der Waals surface area contributed by atoms with E-state index in [2.05, 4.69) is 15.2 Å². The van der Waals surface area contributed by atoms with Crippen LogP contribution in [0, 0.1) is 13.8 Å². The van der Waals surface area contributed by atoms with E-state index in [1.54, 1.807) is 23.1 Å².